The number of aryl methyl sites for hydroxylation is 1. The van der Waals surface area contributed by atoms with Crippen LogP contribution in [-0.2, 0) is 13.0 Å². The van der Waals surface area contributed by atoms with Crippen LogP contribution in [0, 0.1) is 0 Å². The number of rotatable bonds is 4. The van der Waals surface area contributed by atoms with E-state index >= 15 is 0 Å². The maximum absolute atomic E-state index is 11.3. The first-order chi connectivity index (χ1) is 8.12. The summed E-state index contributed by atoms with van der Waals surface area (Å²) >= 11 is 0. The van der Waals surface area contributed by atoms with Crippen LogP contribution in [0.5, 0.6) is 5.75 Å². The maximum atomic E-state index is 11.3. The molecule has 0 atom stereocenters. The fourth-order valence-electron chi connectivity index (χ4n) is 1.66. The molecule has 0 aliphatic carbocycles. The van der Waals surface area contributed by atoms with Crippen LogP contribution >= 0.6 is 0 Å². The Hall–Kier alpha value is -1.75. The zero-order chi connectivity index (χ0) is 12.8. The van der Waals surface area contributed by atoms with Crippen LogP contribution in [0.15, 0.2) is 18.2 Å². The number of carbonyl (C=O) groups excluding carboxylic acids is 1. The molecule has 0 unspecified atom stereocenters. The molecule has 0 saturated carbocycles. The molecule has 0 aliphatic heterocycles. The van der Waals surface area contributed by atoms with Gasteiger partial charge in [-0.1, -0.05) is 19.1 Å². The van der Waals surface area contributed by atoms with Crippen LogP contribution in [0.1, 0.15) is 18.1 Å². The van der Waals surface area contributed by atoms with E-state index < -0.39 is 0 Å². The van der Waals surface area contributed by atoms with E-state index in [-0.39, 0.29) is 6.03 Å². The largest absolute Gasteiger partial charge is 0.496 e. The molecule has 0 bridgehead atoms. The molecule has 1 rings (SSSR count). The van der Waals surface area contributed by atoms with Gasteiger partial charge in [-0.3, -0.25) is 5.43 Å². The molecule has 0 radical (unpaired) electrons. The predicted molar refractivity (Wildman–Crippen MR) is 66.6 cm³/mol. The van der Waals surface area contributed by atoms with Crippen LogP contribution < -0.4 is 16.0 Å². The minimum atomic E-state index is -0.307. The van der Waals surface area contributed by atoms with Crippen LogP contribution in [0.2, 0.25) is 0 Å². The third kappa shape index (κ3) is 3.35. The summed E-state index contributed by atoms with van der Waals surface area (Å²) < 4.78 is 5.25. The SMILES string of the molecule is CCc1cc(CN(C)C(=O)NN)ccc1OC. The maximum Gasteiger partial charge on any atom is 0.331 e. The topological polar surface area (TPSA) is 67.6 Å². The molecule has 5 heteroatoms. The first-order valence-electron chi connectivity index (χ1n) is 5.49. The van der Waals surface area contributed by atoms with E-state index in [1.807, 2.05) is 18.2 Å². The van der Waals surface area contributed by atoms with Crippen molar-refractivity contribution in [2.24, 2.45) is 5.84 Å². The highest BCUT2D eigenvalue weighted by Crippen LogP contribution is 2.20. The van der Waals surface area contributed by atoms with Gasteiger partial charge < -0.3 is 9.64 Å². The standard InChI is InChI=1S/C12H19N3O2/c1-4-10-7-9(5-6-11(10)17-3)8-15(2)12(16)14-13/h5-7H,4,8,13H2,1-3H3,(H,14,16). The Bertz CT molecular complexity index is 393. The Morgan fingerprint density at radius 1 is 1.53 bits per heavy atom. The molecule has 17 heavy (non-hydrogen) atoms. The monoisotopic (exact) mass is 237 g/mol. The number of benzene rings is 1. The van der Waals surface area contributed by atoms with Crippen molar-refractivity contribution < 1.29 is 9.53 Å². The highest BCUT2D eigenvalue weighted by molar-refractivity contribution is 5.73. The van der Waals surface area contributed by atoms with E-state index in [1.54, 1.807) is 14.2 Å². The van der Waals surface area contributed by atoms with Crippen molar-refractivity contribution in [1.29, 1.82) is 0 Å². The Morgan fingerprint density at radius 2 is 2.24 bits per heavy atom. The highest BCUT2D eigenvalue weighted by Gasteiger charge is 2.08. The minimum absolute atomic E-state index is 0.307. The predicted octanol–water partition coefficient (Wildman–Crippen LogP) is 1.27. The summed E-state index contributed by atoms with van der Waals surface area (Å²) in [4.78, 5) is 12.8. The molecule has 94 valence electrons. The van der Waals surface area contributed by atoms with Crippen molar-refractivity contribution in [3.63, 3.8) is 0 Å². The normalized spacial score (nSPS) is 9.88. The molecule has 0 heterocycles. The second-order valence-corrected chi connectivity index (χ2v) is 3.81. The van der Waals surface area contributed by atoms with Crippen molar-refractivity contribution in [2.45, 2.75) is 19.9 Å². The molecule has 0 spiro atoms. The summed E-state index contributed by atoms with van der Waals surface area (Å²) in [7, 11) is 3.35. The number of nitrogens with zero attached hydrogens (tertiary/aromatic N) is 1. The Labute approximate surface area is 102 Å². The average Bonchev–Trinajstić information content (AvgIpc) is 2.37. The lowest BCUT2D eigenvalue weighted by Crippen LogP contribution is -2.40. The number of amides is 2. The summed E-state index contributed by atoms with van der Waals surface area (Å²) in [6.07, 6.45) is 0.893. The van der Waals surface area contributed by atoms with Crippen LogP contribution in [0.25, 0.3) is 0 Å². The molecule has 2 amide bonds. The van der Waals surface area contributed by atoms with Gasteiger partial charge in [0.1, 0.15) is 5.75 Å². The molecule has 5 nitrogen and oxygen atoms in total. The van der Waals surface area contributed by atoms with Gasteiger partial charge in [0.05, 0.1) is 7.11 Å². The molecule has 3 N–H and O–H groups in total. The minimum Gasteiger partial charge on any atom is -0.496 e. The van der Waals surface area contributed by atoms with E-state index in [4.69, 9.17) is 10.6 Å². The average molecular weight is 237 g/mol. The van der Waals surface area contributed by atoms with E-state index in [0.717, 1.165) is 23.3 Å². The molecule has 0 saturated heterocycles. The number of urea groups is 1. The fourth-order valence-corrected chi connectivity index (χ4v) is 1.66. The van der Waals surface area contributed by atoms with E-state index in [2.05, 4.69) is 12.3 Å². The third-order valence-electron chi connectivity index (χ3n) is 2.62. The van der Waals surface area contributed by atoms with Gasteiger partial charge in [-0.05, 0) is 23.6 Å². The number of ether oxygens (including phenoxy) is 1. The molecule has 0 aliphatic rings. The Kier molecular flexibility index (Phi) is 4.78. The van der Waals surface area contributed by atoms with E-state index in [0.29, 0.717) is 6.54 Å². The molecule has 1 aromatic rings. The zero-order valence-corrected chi connectivity index (χ0v) is 10.5. The lowest BCUT2D eigenvalue weighted by molar-refractivity contribution is 0.207. The summed E-state index contributed by atoms with van der Waals surface area (Å²) in [5, 5.41) is 0. The molecular weight excluding hydrogens is 218 g/mol. The molecule has 0 fully saturated rings. The van der Waals surface area contributed by atoms with Gasteiger partial charge in [0.15, 0.2) is 0 Å². The Morgan fingerprint density at radius 3 is 2.76 bits per heavy atom. The third-order valence-corrected chi connectivity index (χ3v) is 2.62. The van der Waals surface area contributed by atoms with Gasteiger partial charge in [0.2, 0.25) is 0 Å². The summed E-state index contributed by atoms with van der Waals surface area (Å²) in [5.74, 6) is 5.94. The van der Waals surface area contributed by atoms with Crippen molar-refractivity contribution in [3.05, 3.63) is 29.3 Å². The number of nitrogens with one attached hydrogen (secondary N) is 1. The highest BCUT2D eigenvalue weighted by atomic mass is 16.5. The Balaban J connectivity index is 2.82. The summed E-state index contributed by atoms with van der Waals surface area (Å²) in [6, 6.07) is 5.60. The van der Waals surface area contributed by atoms with E-state index in [1.165, 1.54) is 4.90 Å². The van der Waals surface area contributed by atoms with Gasteiger partial charge in [0.25, 0.3) is 0 Å². The van der Waals surface area contributed by atoms with Crippen molar-refractivity contribution in [3.8, 4) is 5.75 Å². The van der Waals surface area contributed by atoms with Crippen molar-refractivity contribution >= 4 is 6.03 Å². The summed E-state index contributed by atoms with van der Waals surface area (Å²) in [6.45, 7) is 2.58. The van der Waals surface area contributed by atoms with Crippen LogP contribution in [-0.4, -0.2) is 25.1 Å². The smallest absolute Gasteiger partial charge is 0.331 e. The second-order valence-electron chi connectivity index (χ2n) is 3.81. The van der Waals surface area contributed by atoms with Gasteiger partial charge in [-0.2, -0.15) is 0 Å². The molecular formula is C12H19N3O2. The first-order valence-corrected chi connectivity index (χ1v) is 5.49. The lowest BCUT2D eigenvalue weighted by Gasteiger charge is -2.17. The number of nitrogens with two attached hydrogens (primary N) is 1. The molecule has 1 aromatic carbocycles. The van der Waals surface area contributed by atoms with Gasteiger partial charge >= 0.3 is 6.03 Å². The number of carbonyl (C=O) groups is 1. The molecule has 0 aromatic heterocycles. The van der Waals surface area contributed by atoms with Crippen LogP contribution in [0.4, 0.5) is 4.79 Å². The second kappa shape index (κ2) is 6.10. The quantitative estimate of drug-likeness (QED) is 0.471. The van der Waals surface area contributed by atoms with E-state index in [9.17, 15) is 4.79 Å². The van der Waals surface area contributed by atoms with Crippen LogP contribution in [0.3, 0.4) is 0 Å². The summed E-state index contributed by atoms with van der Waals surface area (Å²) in [5.41, 5.74) is 4.28. The fraction of sp³-hybridized carbons (Fsp3) is 0.417. The lowest BCUT2D eigenvalue weighted by atomic mass is 10.1. The van der Waals surface area contributed by atoms with Crippen molar-refractivity contribution in [2.75, 3.05) is 14.2 Å². The number of methoxy groups -OCH3 is 1. The number of hydrazine groups is 1. The number of hydrogen-bond acceptors (Lipinski definition) is 3. The first kappa shape index (κ1) is 13.3. The van der Waals surface area contributed by atoms with Gasteiger partial charge in [-0.15, -0.1) is 0 Å². The number of hydrogen-bond donors (Lipinski definition) is 2. The van der Waals surface area contributed by atoms with Gasteiger partial charge in [-0.25, -0.2) is 10.6 Å². The van der Waals surface area contributed by atoms with Gasteiger partial charge in [0, 0.05) is 13.6 Å². The van der Waals surface area contributed by atoms with Crippen molar-refractivity contribution in [1.82, 2.24) is 10.3 Å². The zero-order valence-electron chi connectivity index (χ0n) is 10.5.